The summed E-state index contributed by atoms with van der Waals surface area (Å²) in [5.41, 5.74) is 0. The van der Waals surface area contributed by atoms with E-state index in [2.05, 4.69) is 18.8 Å². The van der Waals surface area contributed by atoms with E-state index in [1.165, 1.54) is 0 Å². The zero-order chi connectivity index (χ0) is 9.40. The molecule has 0 aliphatic rings. The first kappa shape index (κ1) is 11.0. The molecule has 0 aliphatic heterocycles. The quantitative estimate of drug-likeness (QED) is 0.506. The fourth-order valence-corrected chi connectivity index (χ4v) is 1.30. The summed E-state index contributed by atoms with van der Waals surface area (Å²) in [5.74, 6) is 0.358. The van der Waals surface area contributed by atoms with Crippen molar-refractivity contribution in [3.63, 3.8) is 0 Å². The van der Waals surface area contributed by atoms with Crippen molar-refractivity contribution in [2.45, 2.75) is 39.5 Å². The van der Waals surface area contributed by atoms with Gasteiger partial charge < -0.3 is 5.11 Å². The summed E-state index contributed by atoms with van der Waals surface area (Å²) in [6.07, 6.45) is 5.09. The third kappa shape index (κ3) is 3.97. The Kier molecular flexibility index (Phi) is 6.08. The van der Waals surface area contributed by atoms with E-state index in [1.54, 1.807) is 0 Å². The zero-order valence-corrected chi connectivity index (χ0v) is 7.82. The summed E-state index contributed by atoms with van der Waals surface area (Å²) in [6.45, 7) is 4.15. The van der Waals surface area contributed by atoms with Crippen molar-refractivity contribution in [2.24, 2.45) is 5.92 Å². The molecule has 0 saturated carbocycles. The Morgan fingerprint density at radius 2 is 1.92 bits per heavy atom. The molecule has 0 fully saturated rings. The average Bonchev–Trinajstić information content (AvgIpc) is 2.04. The molecular formula is C9H17N2O+. The van der Waals surface area contributed by atoms with E-state index >= 15 is 0 Å². The number of nitrogens with zero attached hydrogens (tertiary/aromatic N) is 2. The van der Waals surface area contributed by atoms with E-state index in [1.807, 2.05) is 0 Å². The minimum absolute atomic E-state index is 0.163. The lowest BCUT2D eigenvalue weighted by Gasteiger charge is -2.10. The molecule has 0 radical (unpaired) electrons. The van der Waals surface area contributed by atoms with Crippen LogP contribution in [0.2, 0.25) is 0 Å². The molecule has 0 heterocycles. The van der Waals surface area contributed by atoms with Gasteiger partial charge in [0.2, 0.25) is 5.39 Å². The molecule has 0 aromatic carbocycles. The monoisotopic (exact) mass is 169 g/mol. The molecule has 0 atom stereocenters. The van der Waals surface area contributed by atoms with Crippen LogP contribution >= 0.6 is 0 Å². The van der Waals surface area contributed by atoms with Crippen LogP contribution < -0.4 is 0 Å². The van der Waals surface area contributed by atoms with Crippen LogP contribution in [0.5, 0.6) is 0 Å². The third-order valence-electron chi connectivity index (χ3n) is 1.88. The van der Waals surface area contributed by atoms with Gasteiger partial charge in [0, 0.05) is 5.92 Å². The van der Waals surface area contributed by atoms with Gasteiger partial charge in [-0.25, -0.2) is 0 Å². The van der Waals surface area contributed by atoms with Crippen molar-refractivity contribution in [2.75, 3.05) is 0 Å². The summed E-state index contributed by atoms with van der Waals surface area (Å²) >= 11 is 0. The van der Waals surface area contributed by atoms with Gasteiger partial charge in [0.25, 0.3) is 0 Å². The molecule has 0 spiro atoms. The van der Waals surface area contributed by atoms with Crippen LogP contribution in [0.15, 0.2) is 12.0 Å². The molecule has 0 aliphatic carbocycles. The first-order valence-electron chi connectivity index (χ1n) is 4.49. The van der Waals surface area contributed by atoms with E-state index in [0.717, 1.165) is 31.9 Å². The van der Waals surface area contributed by atoms with Crippen molar-refractivity contribution in [1.29, 1.82) is 5.39 Å². The van der Waals surface area contributed by atoms with Crippen LogP contribution in [0, 0.1) is 11.3 Å². The molecule has 0 rings (SSSR count). The molecule has 0 unspecified atom stereocenters. The highest BCUT2D eigenvalue weighted by Gasteiger charge is 2.14. The SMILES string of the molecule is CCCC(CCC)/C(O)=C/[N+]#N. The normalized spacial score (nSPS) is 11.7. The van der Waals surface area contributed by atoms with Gasteiger partial charge in [-0.05, 0) is 12.8 Å². The van der Waals surface area contributed by atoms with Crippen molar-refractivity contribution in [1.82, 2.24) is 0 Å². The second-order valence-electron chi connectivity index (χ2n) is 2.94. The van der Waals surface area contributed by atoms with Gasteiger partial charge in [-0.2, -0.15) is 0 Å². The number of allylic oxidation sites excluding steroid dienone is 1. The van der Waals surface area contributed by atoms with Gasteiger partial charge in [0.05, 0.1) is 0 Å². The number of rotatable bonds is 5. The highest BCUT2D eigenvalue weighted by molar-refractivity contribution is 5.00. The minimum atomic E-state index is 0.163. The molecule has 0 aromatic heterocycles. The molecule has 3 heteroatoms. The summed E-state index contributed by atoms with van der Waals surface area (Å²) in [7, 11) is 0. The molecule has 3 nitrogen and oxygen atoms in total. The number of hydrogen-bond donors (Lipinski definition) is 1. The second-order valence-corrected chi connectivity index (χ2v) is 2.94. The molecule has 68 valence electrons. The Bertz CT molecular complexity index is 175. The Hall–Kier alpha value is -1.04. The lowest BCUT2D eigenvalue weighted by atomic mass is 9.97. The Balaban J connectivity index is 4.10. The molecule has 12 heavy (non-hydrogen) atoms. The molecule has 0 saturated heterocycles. The van der Waals surface area contributed by atoms with Gasteiger partial charge in [-0.15, -0.1) is 0 Å². The van der Waals surface area contributed by atoms with E-state index < -0.39 is 0 Å². The topological polar surface area (TPSA) is 48.4 Å². The smallest absolute Gasteiger partial charge is 0.387 e. The summed E-state index contributed by atoms with van der Waals surface area (Å²) in [4.78, 5) is 2.81. The van der Waals surface area contributed by atoms with Gasteiger partial charge in [0.15, 0.2) is 10.7 Å². The number of aliphatic hydroxyl groups is 1. The van der Waals surface area contributed by atoms with E-state index in [-0.39, 0.29) is 11.7 Å². The van der Waals surface area contributed by atoms with Crippen LogP contribution in [-0.2, 0) is 0 Å². The summed E-state index contributed by atoms with van der Waals surface area (Å²) < 4.78 is 0. The average molecular weight is 169 g/mol. The lowest BCUT2D eigenvalue weighted by Crippen LogP contribution is -2.02. The maximum Gasteiger partial charge on any atom is 0.387 e. The van der Waals surface area contributed by atoms with Crippen LogP contribution in [0.25, 0.3) is 4.98 Å². The second kappa shape index (κ2) is 6.66. The predicted octanol–water partition coefficient (Wildman–Crippen LogP) is 3.46. The predicted molar refractivity (Wildman–Crippen MR) is 49.1 cm³/mol. The Morgan fingerprint density at radius 3 is 2.25 bits per heavy atom. The number of aliphatic hydroxyl groups excluding tert-OH is 1. The maximum atomic E-state index is 9.38. The fraction of sp³-hybridized carbons (Fsp3) is 0.778. The Morgan fingerprint density at radius 1 is 1.42 bits per heavy atom. The van der Waals surface area contributed by atoms with Crippen LogP contribution in [-0.4, -0.2) is 5.11 Å². The van der Waals surface area contributed by atoms with Crippen molar-refractivity contribution < 1.29 is 5.11 Å². The zero-order valence-electron chi connectivity index (χ0n) is 7.82. The van der Waals surface area contributed by atoms with Crippen LogP contribution in [0.4, 0.5) is 0 Å². The number of hydrogen-bond acceptors (Lipinski definition) is 2. The summed E-state index contributed by atoms with van der Waals surface area (Å²) in [6, 6.07) is 0. The van der Waals surface area contributed by atoms with E-state index in [4.69, 9.17) is 5.39 Å². The van der Waals surface area contributed by atoms with Crippen LogP contribution in [0.1, 0.15) is 39.5 Å². The molecule has 0 bridgehead atoms. The van der Waals surface area contributed by atoms with Gasteiger partial charge in [-0.1, -0.05) is 26.7 Å². The van der Waals surface area contributed by atoms with Gasteiger partial charge in [-0.3, -0.25) is 0 Å². The van der Waals surface area contributed by atoms with Gasteiger partial charge in [0.1, 0.15) is 0 Å². The van der Waals surface area contributed by atoms with Gasteiger partial charge >= 0.3 is 6.20 Å². The van der Waals surface area contributed by atoms with Crippen molar-refractivity contribution >= 4 is 0 Å². The maximum absolute atomic E-state index is 9.38. The third-order valence-corrected chi connectivity index (χ3v) is 1.88. The largest absolute Gasteiger partial charge is 0.505 e. The first-order valence-corrected chi connectivity index (χ1v) is 4.49. The van der Waals surface area contributed by atoms with Crippen molar-refractivity contribution in [3.8, 4) is 0 Å². The van der Waals surface area contributed by atoms with E-state index in [0.29, 0.717) is 0 Å². The van der Waals surface area contributed by atoms with E-state index in [9.17, 15) is 5.11 Å². The highest BCUT2D eigenvalue weighted by Crippen LogP contribution is 2.20. The van der Waals surface area contributed by atoms with Crippen LogP contribution in [0.3, 0.4) is 0 Å². The molecular weight excluding hydrogens is 152 g/mol. The lowest BCUT2D eigenvalue weighted by molar-refractivity contribution is 0.304. The molecule has 0 amide bonds. The first-order chi connectivity index (χ1) is 5.76. The fourth-order valence-electron chi connectivity index (χ4n) is 1.30. The standard InChI is InChI=1S/C9H16N2O/c1-3-5-8(6-4-2)9(12)7-11-10/h7-8H,3-6H2,1-2H3/p+1/b9-7-. The highest BCUT2D eigenvalue weighted by atomic mass is 16.3. The minimum Gasteiger partial charge on any atom is -0.505 e. The Labute approximate surface area is 73.7 Å². The number of diazo groups is 1. The summed E-state index contributed by atoms with van der Waals surface area (Å²) in [5, 5.41) is 17.6. The molecule has 0 aromatic rings. The molecule has 1 N–H and O–H groups in total. The van der Waals surface area contributed by atoms with Crippen molar-refractivity contribution in [3.05, 3.63) is 16.9 Å².